The Hall–Kier alpha value is -2.73. The van der Waals surface area contributed by atoms with E-state index in [0.717, 1.165) is 4.88 Å². The second kappa shape index (κ2) is 7.02. The highest BCUT2D eigenvalue weighted by Gasteiger charge is 2.09. The second-order valence-electron chi connectivity index (χ2n) is 4.62. The van der Waals surface area contributed by atoms with Crippen molar-refractivity contribution in [2.24, 2.45) is 0 Å². The molecule has 0 amide bonds. The van der Waals surface area contributed by atoms with Gasteiger partial charge in [0, 0.05) is 17.7 Å². The van der Waals surface area contributed by atoms with Crippen LogP contribution in [-0.2, 0) is 16.1 Å². The highest BCUT2D eigenvalue weighted by molar-refractivity contribution is 7.13. The van der Waals surface area contributed by atoms with E-state index < -0.39 is 11.8 Å². The Balaban J connectivity index is 1.56. The minimum Gasteiger partial charge on any atom is -0.456 e. The Labute approximate surface area is 135 Å². The lowest BCUT2D eigenvalue weighted by Crippen LogP contribution is -2.00. The lowest BCUT2D eigenvalue weighted by molar-refractivity contribution is -0.139. The molecule has 0 unspecified atom stereocenters. The van der Waals surface area contributed by atoms with Gasteiger partial charge in [0.2, 0.25) is 0 Å². The van der Waals surface area contributed by atoms with Crippen molar-refractivity contribution < 1.29 is 18.4 Å². The van der Waals surface area contributed by atoms with Crippen LogP contribution in [0.25, 0.3) is 16.7 Å². The van der Waals surface area contributed by atoms with E-state index in [4.69, 9.17) is 9.26 Å². The van der Waals surface area contributed by atoms with Crippen LogP contribution in [0.15, 0.2) is 58.4 Å². The van der Waals surface area contributed by atoms with E-state index in [-0.39, 0.29) is 6.61 Å². The molecule has 2 heterocycles. The van der Waals surface area contributed by atoms with Gasteiger partial charge in [-0.3, -0.25) is 0 Å². The van der Waals surface area contributed by atoms with Gasteiger partial charge in [0.1, 0.15) is 18.1 Å². The van der Waals surface area contributed by atoms with Crippen LogP contribution >= 0.6 is 11.3 Å². The molecule has 2 aromatic heterocycles. The average molecular weight is 329 g/mol. The Kier molecular flexibility index (Phi) is 4.63. The predicted octanol–water partition coefficient (Wildman–Crippen LogP) is 4.30. The van der Waals surface area contributed by atoms with Crippen molar-refractivity contribution in [1.82, 2.24) is 5.16 Å². The Morgan fingerprint density at radius 1 is 1.30 bits per heavy atom. The molecule has 4 nitrogen and oxygen atoms in total. The average Bonchev–Trinajstić information content (AvgIpc) is 3.23. The van der Waals surface area contributed by atoms with Crippen LogP contribution in [-0.4, -0.2) is 11.1 Å². The minimum absolute atomic E-state index is 0.00464. The summed E-state index contributed by atoms with van der Waals surface area (Å²) in [6.45, 7) is -0.00464. The van der Waals surface area contributed by atoms with E-state index in [2.05, 4.69) is 5.16 Å². The zero-order valence-corrected chi connectivity index (χ0v) is 12.8. The third-order valence-corrected chi connectivity index (χ3v) is 3.87. The summed E-state index contributed by atoms with van der Waals surface area (Å²) in [5.41, 5.74) is 0.840. The maximum absolute atomic E-state index is 13.4. The summed E-state index contributed by atoms with van der Waals surface area (Å²) in [7, 11) is 0. The topological polar surface area (TPSA) is 52.3 Å². The van der Waals surface area contributed by atoms with E-state index in [1.165, 1.54) is 29.6 Å². The Morgan fingerprint density at radius 2 is 2.17 bits per heavy atom. The van der Waals surface area contributed by atoms with E-state index in [1.807, 2.05) is 17.5 Å². The number of esters is 1. The van der Waals surface area contributed by atoms with E-state index in [9.17, 15) is 9.18 Å². The predicted molar refractivity (Wildman–Crippen MR) is 85.0 cm³/mol. The fourth-order valence-electron chi connectivity index (χ4n) is 1.88. The van der Waals surface area contributed by atoms with Crippen molar-refractivity contribution >= 4 is 23.4 Å². The summed E-state index contributed by atoms with van der Waals surface area (Å²) >= 11 is 1.53. The summed E-state index contributed by atoms with van der Waals surface area (Å²) in [5, 5.41) is 5.78. The quantitative estimate of drug-likeness (QED) is 0.517. The van der Waals surface area contributed by atoms with Gasteiger partial charge in [-0.15, -0.1) is 11.3 Å². The number of carbonyl (C=O) groups excluding carboxylic acids is 1. The molecule has 0 spiro atoms. The molecule has 1 aromatic carbocycles. The minimum atomic E-state index is -0.575. The van der Waals surface area contributed by atoms with Crippen LogP contribution in [0, 0.1) is 5.82 Å². The van der Waals surface area contributed by atoms with Crippen LogP contribution in [0.2, 0.25) is 0 Å². The standard InChI is InChI=1S/C17H12FNO3S/c18-14-5-2-1-4-12(14)7-8-17(20)21-11-13-10-15(22-19-13)16-6-3-9-23-16/h1-10H,11H2/b8-7+. The lowest BCUT2D eigenvalue weighted by atomic mass is 10.2. The van der Waals surface area contributed by atoms with Crippen molar-refractivity contribution in [3.63, 3.8) is 0 Å². The molecule has 3 rings (SSSR count). The molecule has 23 heavy (non-hydrogen) atoms. The number of benzene rings is 1. The number of aromatic nitrogens is 1. The van der Waals surface area contributed by atoms with Gasteiger partial charge < -0.3 is 9.26 Å². The first-order chi connectivity index (χ1) is 11.2. The molecular weight excluding hydrogens is 317 g/mol. The zero-order valence-electron chi connectivity index (χ0n) is 11.9. The monoisotopic (exact) mass is 329 g/mol. The van der Waals surface area contributed by atoms with Gasteiger partial charge in [-0.1, -0.05) is 29.4 Å². The number of rotatable bonds is 5. The number of carbonyl (C=O) groups is 1. The SMILES string of the molecule is O=C(/C=C/c1ccccc1F)OCc1cc(-c2cccs2)on1. The van der Waals surface area contributed by atoms with Crippen LogP contribution in [0.4, 0.5) is 4.39 Å². The fraction of sp³-hybridized carbons (Fsp3) is 0.0588. The molecule has 3 aromatic rings. The van der Waals surface area contributed by atoms with Crippen molar-refractivity contribution in [2.75, 3.05) is 0 Å². The lowest BCUT2D eigenvalue weighted by Gasteiger charge is -1.98. The summed E-state index contributed by atoms with van der Waals surface area (Å²) in [6.07, 6.45) is 2.55. The van der Waals surface area contributed by atoms with Crippen LogP contribution in [0.5, 0.6) is 0 Å². The zero-order chi connectivity index (χ0) is 16.1. The summed E-state index contributed by atoms with van der Waals surface area (Å²) in [5.74, 6) is -0.337. The van der Waals surface area contributed by atoms with Gasteiger partial charge in [0.05, 0.1) is 4.88 Å². The first-order valence-corrected chi connectivity index (χ1v) is 7.69. The largest absolute Gasteiger partial charge is 0.456 e. The maximum atomic E-state index is 13.4. The molecule has 0 aliphatic heterocycles. The smallest absolute Gasteiger partial charge is 0.331 e. The van der Waals surface area contributed by atoms with Gasteiger partial charge in [-0.05, 0) is 23.6 Å². The Morgan fingerprint density at radius 3 is 2.96 bits per heavy atom. The van der Waals surface area contributed by atoms with Crippen molar-refractivity contribution in [3.05, 3.63) is 71.0 Å². The normalized spacial score (nSPS) is 11.0. The highest BCUT2D eigenvalue weighted by atomic mass is 32.1. The molecule has 0 saturated carbocycles. The molecule has 0 radical (unpaired) electrons. The van der Waals surface area contributed by atoms with Gasteiger partial charge >= 0.3 is 5.97 Å². The molecule has 0 aliphatic rings. The maximum Gasteiger partial charge on any atom is 0.331 e. The number of nitrogens with zero attached hydrogens (tertiary/aromatic N) is 1. The first kappa shape index (κ1) is 15.2. The third kappa shape index (κ3) is 3.92. The number of ether oxygens (including phenoxy) is 1. The number of halogens is 1. The van der Waals surface area contributed by atoms with Crippen molar-refractivity contribution in [3.8, 4) is 10.6 Å². The molecule has 0 atom stereocenters. The molecule has 0 aliphatic carbocycles. The van der Waals surface area contributed by atoms with Crippen LogP contribution < -0.4 is 0 Å². The molecule has 0 bridgehead atoms. The number of hydrogen-bond donors (Lipinski definition) is 0. The molecule has 0 saturated heterocycles. The summed E-state index contributed by atoms with van der Waals surface area (Å²) in [4.78, 5) is 12.6. The first-order valence-electron chi connectivity index (χ1n) is 6.81. The third-order valence-electron chi connectivity index (χ3n) is 2.99. The summed E-state index contributed by atoms with van der Waals surface area (Å²) < 4.78 is 23.6. The Bertz CT molecular complexity index is 824. The molecule has 0 fully saturated rings. The highest BCUT2D eigenvalue weighted by Crippen LogP contribution is 2.25. The van der Waals surface area contributed by atoms with E-state index in [1.54, 1.807) is 24.3 Å². The fourth-order valence-corrected chi connectivity index (χ4v) is 2.55. The van der Waals surface area contributed by atoms with Crippen molar-refractivity contribution in [2.45, 2.75) is 6.61 Å². The van der Waals surface area contributed by atoms with Crippen molar-refractivity contribution in [1.29, 1.82) is 0 Å². The molecule has 116 valence electrons. The second-order valence-corrected chi connectivity index (χ2v) is 5.57. The number of hydrogen-bond acceptors (Lipinski definition) is 5. The molecular formula is C17H12FNO3S. The van der Waals surface area contributed by atoms with E-state index in [0.29, 0.717) is 17.0 Å². The van der Waals surface area contributed by atoms with Crippen LogP contribution in [0.1, 0.15) is 11.3 Å². The van der Waals surface area contributed by atoms with Crippen LogP contribution in [0.3, 0.4) is 0 Å². The summed E-state index contributed by atoms with van der Waals surface area (Å²) in [6, 6.07) is 11.7. The van der Waals surface area contributed by atoms with Gasteiger partial charge in [-0.25, -0.2) is 9.18 Å². The molecule has 6 heteroatoms. The van der Waals surface area contributed by atoms with E-state index >= 15 is 0 Å². The van der Waals surface area contributed by atoms with Gasteiger partial charge in [-0.2, -0.15) is 0 Å². The number of thiophene rings is 1. The van der Waals surface area contributed by atoms with Gasteiger partial charge in [0.15, 0.2) is 5.76 Å². The molecule has 0 N–H and O–H groups in total. The van der Waals surface area contributed by atoms with Gasteiger partial charge in [0.25, 0.3) is 0 Å².